The van der Waals surface area contributed by atoms with Crippen LogP contribution in [0.4, 0.5) is 0 Å². The Bertz CT molecular complexity index is 727. The van der Waals surface area contributed by atoms with Gasteiger partial charge in [0.15, 0.2) is 0 Å². The maximum atomic E-state index is 12.1. The summed E-state index contributed by atoms with van der Waals surface area (Å²) in [6.07, 6.45) is 1.31. The highest BCUT2D eigenvalue weighted by Gasteiger charge is 2.20. The van der Waals surface area contributed by atoms with E-state index in [-0.39, 0.29) is 22.0 Å². The van der Waals surface area contributed by atoms with Crippen molar-refractivity contribution in [2.24, 2.45) is 0 Å². The number of benzene rings is 1. The molecule has 0 aliphatic rings. The molecule has 0 fully saturated rings. The number of rotatable bonds is 5. The lowest BCUT2D eigenvalue weighted by Gasteiger charge is -2.08. The molecule has 1 aromatic carbocycles. The first-order valence-electron chi connectivity index (χ1n) is 5.32. The summed E-state index contributed by atoms with van der Waals surface area (Å²) in [5.74, 6) is -1.24. The zero-order chi connectivity index (χ0) is 14.8. The largest absolute Gasteiger partial charge is 0.478 e. The molecule has 7 nitrogen and oxygen atoms in total. The van der Waals surface area contributed by atoms with Gasteiger partial charge in [0, 0.05) is 6.07 Å². The first kappa shape index (κ1) is 14.5. The van der Waals surface area contributed by atoms with Crippen LogP contribution in [0.5, 0.6) is 0 Å². The first-order valence-corrected chi connectivity index (χ1v) is 7.18. The highest BCUT2D eigenvalue weighted by molar-refractivity contribution is 7.89. The van der Waals surface area contributed by atoms with Crippen molar-refractivity contribution in [1.29, 1.82) is 0 Å². The first-order chi connectivity index (χ1) is 9.40. The molecule has 1 aromatic heterocycles. The van der Waals surface area contributed by atoms with Gasteiger partial charge in [-0.15, -0.1) is 0 Å². The molecule has 106 valence electrons. The highest BCUT2D eigenvalue weighted by Crippen LogP contribution is 2.22. The summed E-state index contributed by atoms with van der Waals surface area (Å²) in [5, 5.41) is 12.4. The molecule has 9 heteroatoms. The molecule has 0 unspecified atom stereocenters. The summed E-state index contributed by atoms with van der Waals surface area (Å²) in [5.41, 5.74) is 0.218. The average molecular weight is 317 g/mol. The molecule has 0 amide bonds. The third kappa shape index (κ3) is 3.16. The minimum Gasteiger partial charge on any atom is -0.478 e. The Hall–Kier alpha value is -1.90. The van der Waals surface area contributed by atoms with Crippen molar-refractivity contribution in [3.63, 3.8) is 0 Å². The van der Waals surface area contributed by atoms with E-state index in [1.165, 1.54) is 24.5 Å². The van der Waals surface area contributed by atoms with Crippen LogP contribution >= 0.6 is 11.6 Å². The molecule has 0 spiro atoms. The molecular formula is C11H9ClN2O5S. The van der Waals surface area contributed by atoms with Crippen LogP contribution in [0.15, 0.2) is 39.9 Å². The maximum Gasteiger partial charge on any atom is 0.335 e. The van der Waals surface area contributed by atoms with Crippen molar-refractivity contribution in [3.8, 4) is 0 Å². The molecule has 20 heavy (non-hydrogen) atoms. The number of hydrogen-bond donors (Lipinski definition) is 2. The third-order valence-electron chi connectivity index (χ3n) is 2.40. The second kappa shape index (κ2) is 5.61. The van der Waals surface area contributed by atoms with Gasteiger partial charge in [-0.3, -0.25) is 0 Å². The lowest BCUT2D eigenvalue weighted by Crippen LogP contribution is -2.24. The van der Waals surface area contributed by atoms with Gasteiger partial charge in [-0.05, 0) is 18.2 Å². The highest BCUT2D eigenvalue weighted by atomic mass is 35.5. The lowest BCUT2D eigenvalue weighted by atomic mass is 10.2. The van der Waals surface area contributed by atoms with Crippen molar-refractivity contribution >= 4 is 27.6 Å². The molecule has 0 aliphatic heterocycles. The number of carboxylic acid groups (broad SMARTS) is 1. The fourth-order valence-electron chi connectivity index (χ4n) is 1.42. The van der Waals surface area contributed by atoms with Gasteiger partial charge in [0.1, 0.15) is 11.2 Å². The van der Waals surface area contributed by atoms with Crippen LogP contribution in [0.2, 0.25) is 5.02 Å². The zero-order valence-corrected chi connectivity index (χ0v) is 11.5. The number of sulfonamides is 1. The standard InChI is InChI=1S/C11H9ClN2O5S/c12-9-2-1-7(11(15)16)5-10(9)20(17,18)13-6-8-3-4-19-14-8/h1-5,13H,6H2,(H,15,16). The van der Waals surface area contributed by atoms with E-state index in [1.54, 1.807) is 0 Å². The Morgan fingerprint density at radius 3 is 2.75 bits per heavy atom. The number of nitrogens with one attached hydrogen (secondary N) is 1. The van der Waals surface area contributed by atoms with Crippen LogP contribution < -0.4 is 4.72 Å². The SMILES string of the molecule is O=C(O)c1ccc(Cl)c(S(=O)(=O)NCc2ccon2)c1. The van der Waals surface area contributed by atoms with E-state index >= 15 is 0 Å². The Morgan fingerprint density at radius 1 is 1.40 bits per heavy atom. The molecule has 2 N–H and O–H groups in total. The Kier molecular flexibility index (Phi) is 4.07. The molecule has 2 rings (SSSR count). The fourth-order valence-corrected chi connectivity index (χ4v) is 2.94. The zero-order valence-electron chi connectivity index (χ0n) is 9.91. The second-order valence-corrected chi connectivity index (χ2v) is 5.91. The topological polar surface area (TPSA) is 110 Å². The molecule has 0 saturated carbocycles. The van der Waals surface area contributed by atoms with Gasteiger partial charge in [-0.1, -0.05) is 16.8 Å². The van der Waals surface area contributed by atoms with Crippen LogP contribution in [-0.4, -0.2) is 24.7 Å². The molecule has 0 bridgehead atoms. The summed E-state index contributed by atoms with van der Waals surface area (Å²) in [6, 6.07) is 4.94. The van der Waals surface area contributed by atoms with Gasteiger partial charge >= 0.3 is 5.97 Å². The second-order valence-electron chi connectivity index (χ2n) is 3.77. The van der Waals surface area contributed by atoms with E-state index in [4.69, 9.17) is 16.7 Å². The minimum absolute atomic E-state index is 0.0670. The molecular weight excluding hydrogens is 308 g/mol. The lowest BCUT2D eigenvalue weighted by molar-refractivity contribution is 0.0696. The normalized spacial score (nSPS) is 11.4. The monoisotopic (exact) mass is 316 g/mol. The smallest absolute Gasteiger partial charge is 0.335 e. The van der Waals surface area contributed by atoms with Gasteiger partial charge in [0.2, 0.25) is 10.0 Å². The van der Waals surface area contributed by atoms with Gasteiger partial charge in [-0.2, -0.15) is 0 Å². The van der Waals surface area contributed by atoms with Gasteiger partial charge in [0.05, 0.1) is 22.8 Å². The summed E-state index contributed by atoms with van der Waals surface area (Å²) < 4.78 is 31.0. The van der Waals surface area contributed by atoms with Crippen LogP contribution in [0.25, 0.3) is 0 Å². The number of aromatic carboxylic acids is 1. The molecule has 0 atom stereocenters. The van der Waals surface area contributed by atoms with E-state index in [1.807, 2.05) is 0 Å². The summed E-state index contributed by atoms with van der Waals surface area (Å²) >= 11 is 5.80. The van der Waals surface area contributed by atoms with Crippen LogP contribution in [0.3, 0.4) is 0 Å². The number of nitrogens with zero attached hydrogens (tertiary/aromatic N) is 1. The average Bonchev–Trinajstić information content (AvgIpc) is 2.89. The van der Waals surface area contributed by atoms with Crippen molar-refractivity contribution in [1.82, 2.24) is 9.88 Å². The third-order valence-corrected chi connectivity index (χ3v) is 4.29. The summed E-state index contributed by atoms with van der Waals surface area (Å²) in [4.78, 5) is 10.6. The van der Waals surface area contributed by atoms with Crippen molar-refractivity contribution in [2.75, 3.05) is 0 Å². The molecule has 2 aromatic rings. The Morgan fingerprint density at radius 2 is 2.15 bits per heavy atom. The van der Waals surface area contributed by atoms with E-state index < -0.39 is 16.0 Å². The Balaban J connectivity index is 2.28. The van der Waals surface area contributed by atoms with Gasteiger partial charge in [-0.25, -0.2) is 17.9 Å². The number of aromatic nitrogens is 1. The molecule has 0 radical (unpaired) electrons. The van der Waals surface area contributed by atoms with E-state index in [0.29, 0.717) is 5.69 Å². The predicted molar refractivity (Wildman–Crippen MR) is 68.9 cm³/mol. The maximum absolute atomic E-state index is 12.1. The quantitative estimate of drug-likeness (QED) is 0.865. The number of halogens is 1. The molecule has 0 aliphatic carbocycles. The number of hydrogen-bond acceptors (Lipinski definition) is 5. The van der Waals surface area contributed by atoms with Gasteiger partial charge < -0.3 is 9.63 Å². The number of carboxylic acids is 1. The summed E-state index contributed by atoms with van der Waals surface area (Å²) in [6.45, 7) is -0.0908. The van der Waals surface area contributed by atoms with Crippen LogP contribution in [0, 0.1) is 0 Å². The van der Waals surface area contributed by atoms with Crippen LogP contribution in [0.1, 0.15) is 16.1 Å². The van der Waals surface area contributed by atoms with Gasteiger partial charge in [0.25, 0.3) is 0 Å². The van der Waals surface area contributed by atoms with E-state index in [0.717, 1.165) is 6.07 Å². The molecule has 0 saturated heterocycles. The minimum atomic E-state index is -3.95. The summed E-state index contributed by atoms with van der Waals surface area (Å²) in [7, 11) is -3.95. The van der Waals surface area contributed by atoms with Crippen molar-refractivity contribution in [2.45, 2.75) is 11.4 Å². The van der Waals surface area contributed by atoms with Crippen molar-refractivity contribution < 1.29 is 22.8 Å². The van der Waals surface area contributed by atoms with Crippen LogP contribution in [-0.2, 0) is 16.6 Å². The van der Waals surface area contributed by atoms with E-state index in [2.05, 4.69) is 14.4 Å². The molecule has 1 heterocycles. The number of carbonyl (C=O) groups is 1. The van der Waals surface area contributed by atoms with Crippen molar-refractivity contribution in [3.05, 3.63) is 46.8 Å². The Labute approximate surface area is 119 Å². The fraction of sp³-hybridized carbons (Fsp3) is 0.0909. The predicted octanol–water partition coefficient (Wildman–Crippen LogP) is 1.50. The van der Waals surface area contributed by atoms with E-state index in [9.17, 15) is 13.2 Å².